The van der Waals surface area contributed by atoms with Gasteiger partial charge in [-0.05, 0) is 128 Å². The fourth-order valence-electron chi connectivity index (χ4n) is 7.12. The van der Waals surface area contributed by atoms with Crippen LogP contribution in [0.5, 0.6) is 0 Å². The predicted octanol–water partition coefficient (Wildman–Crippen LogP) is 13.8. The lowest BCUT2D eigenvalue weighted by atomic mass is 9.92. The molecule has 262 valence electrons. The van der Waals surface area contributed by atoms with E-state index < -0.39 is 0 Å². The smallest absolute Gasteiger partial charge is 0.0716 e. The molecule has 8 aromatic carbocycles. The zero-order chi connectivity index (χ0) is 37.4. The van der Waals surface area contributed by atoms with Gasteiger partial charge in [-0.15, -0.1) is 0 Å². The molecule has 0 saturated heterocycles. The zero-order valence-corrected chi connectivity index (χ0v) is 30.8. The maximum Gasteiger partial charge on any atom is 0.0716 e. The van der Waals surface area contributed by atoms with Gasteiger partial charge in [0.1, 0.15) is 0 Å². The van der Waals surface area contributed by atoms with Crippen LogP contribution in [0.4, 0.5) is 0 Å². The van der Waals surface area contributed by atoms with Crippen LogP contribution in [0.1, 0.15) is 11.1 Å². The first-order valence-corrected chi connectivity index (χ1v) is 18.5. The lowest BCUT2D eigenvalue weighted by Crippen LogP contribution is -1.99. The van der Waals surface area contributed by atoms with E-state index in [2.05, 4.69) is 218 Å². The van der Waals surface area contributed by atoms with Crippen molar-refractivity contribution >= 4 is 18.1 Å². The lowest BCUT2D eigenvalue weighted by Gasteiger charge is -2.13. The molecule has 2 heteroatoms. The number of rotatable bonds is 10. The summed E-state index contributed by atoms with van der Waals surface area (Å²) in [5.41, 5.74) is 17.5. The van der Waals surface area contributed by atoms with Gasteiger partial charge in [0.05, 0.1) is 11.4 Å². The molecule has 0 amide bonds. The number of nitrogens with zero attached hydrogens (tertiary/aromatic N) is 2. The molecule has 0 radical (unpaired) electrons. The van der Waals surface area contributed by atoms with Gasteiger partial charge in [0.25, 0.3) is 0 Å². The largest absolute Gasteiger partial charge is 0.288 e. The third-order valence-electron chi connectivity index (χ3n) is 9.96. The van der Waals surface area contributed by atoms with Crippen molar-refractivity contribution in [3.05, 3.63) is 223 Å². The first-order valence-electron chi connectivity index (χ1n) is 18.5. The molecule has 0 N–H and O–H groups in total. The second-order valence-electron chi connectivity index (χ2n) is 13.5. The molecule has 0 aliphatic heterocycles. The average molecular weight is 705 g/mol. The van der Waals surface area contributed by atoms with Crippen molar-refractivity contribution in [3.8, 4) is 66.8 Å². The molecule has 0 heterocycles. The molecule has 0 saturated carbocycles. The number of hydrogen-bond donors (Lipinski definition) is 0. The van der Waals surface area contributed by atoms with Gasteiger partial charge >= 0.3 is 0 Å². The first-order chi connectivity index (χ1) is 27.1. The minimum Gasteiger partial charge on any atom is -0.288 e. The predicted molar refractivity (Wildman–Crippen MR) is 235 cm³/mol. The Bertz CT molecular complexity index is 2520. The molecule has 8 rings (SSSR count). The standard InChI is InChI=1S/C53H40N2/c1-54-52(44-27-15-25-42(29-44)50-33-46(38-17-7-3-8-18-38)31-47(34-50)39-19-9-4-10-20-39)37-53(55-2)45-28-16-26-43(30-45)51-35-48(40-21-11-5-12-22-40)32-49(36-51)41-23-13-6-14-24-41/h3-37H,1H2,2H3/b52-37-,55-53+. The zero-order valence-electron chi connectivity index (χ0n) is 30.8. The van der Waals surface area contributed by atoms with Crippen LogP contribution < -0.4 is 0 Å². The summed E-state index contributed by atoms with van der Waals surface area (Å²) >= 11 is 0. The van der Waals surface area contributed by atoms with E-state index in [-0.39, 0.29) is 0 Å². The Hall–Kier alpha value is -7.16. The highest BCUT2D eigenvalue weighted by atomic mass is 14.7. The highest BCUT2D eigenvalue weighted by molar-refractivity contribution is 6.13. The molecular formula is C53H40N2. The number of allylic oxidation sites excluding steroid dienone is 1. The van der Waals surface area contributed by atoms with Crippen LogP contribution in [0.25, 0.3) is 72.5 Å². The Morgan fingerprint density at radius 3 is 1.00 bits per heavy atom. The molecule has 0 bridgehead atoms. The Balaban J connectivity index is 1.16. The quantitative estimate of drug-likeness (QED) is 0.127. The fourth-order valence-corrected chi connectivity index (χ4v) is 7.12. The van der Waals surface area contributed by atoms with Crippen molar-refractivity contribution in [3.63, 3.8) is 0 Å². The van der Waals surface area contributed by atoms with Crippen molar-refractivity contribution in [2.75, 3.05) is 7.05 Å². The van der Waals surface area contributed by atoms with E-state index in [1.807, 2.05) is 13.1 Å². The highest BCUT2D eigenvalue weighted by Crippen LogP contribution is 2.36. The molecule has 8 aromatic rings. The summed E-state index contributed by atoms with van der Waals surface area (Å²) in [4.78, 5) is 9.30. The third-order valence-corrected chi connectivity index (χ3v) is 9.96. The van der Waals surface area contributed by atoms with E-state index in [1.54, 1.807) is 0 Å². The van der Waals surface area contributed by atoms with Gasteiger partial charge < -0.3 is 0 Å². The fraction of sp³-hybridized carbons (Fsp3) is 0.0189. The SMILES string of the molecule is C=N/C(=C\C(=N/C)c1cccc(-c2cc(-c3ccccc3)cc(-c3ccccc3)c2)c1)c1cccc(-c2cc(-c3ccccc3)cc(-c3ccccc3)c2)c1. The van der Waals surface area contributed by atoms with Crippen molar-refractivity contribution in [1.29, 1.82) is 0 Å². The monoisotopic (exact) mass is 704 g/mol. The Morgan fingerprint density at radius 1 is 0.345 bits per heavy atom. The van der Waals surface area contributed by atoms with Crippen LogP contribution >= 0.6 is 0 Å². The second kappa shape index (κ2) is 16.2. The van der Waals surface area contributed by atoms with Crippen molar-refractivity contribution in [2.24, 2.45) is 9.98 Å². The van der Waals surface area contributed by atoms with Gasteiger partial charge in [0, 0.05) is 18.2 Å². The molecule has 0 fully saturated rings. The minimum atomic E-state index is 0.757. The van der Waals surface area contributed by atoms with Gasteiger partial charge in [-0.25, -0.2) is 0 Å². The maximum atomic E-state index is 4.76. The number of hydrogen-bond acceptors (Lipinski definition) is 2. The molecule has 0 spiro atoms. The van der Waals surface area contributed by atoms with Gasteiger partial charge in [-0.3, -0.25) is 9.98 Å². The van der Waals surface area contributed by atoms with E-state index in [0.29, 0.717) is 0 Å². The van der Waals surface area contributed by atoms with Crippen LogP contribution in [-0.4, -0.2) is 19.5 Å². The van der Waals surface area contributed by atoms with Gasteiger partial charge in [0.15, 0.2) is 0 Å². The van der Waals surface area contributed by atoms with Gasteiger partial charge in [-0.1, -0.05) is 158 Å². The van der Waals surface area contributed by atoms with Crippen molar-refractivity contribution < 1.29 is 0 Å². The van der Waals surface area contributed by atoms with E-state index in [9.17, 15) is 0 Å². The maximum absolute atomic E-state index is 4.76. The topological polar surface area (TPSA) is 24.7 Å². The summed E-state index contributed by atoms with van der Waals surface area (Å²) in [6, 6.07) is 73.0. The first kappa shape index (κ1) is 34.9. The van der Waals surface area contributed by atoms with Crippen LogP contribution in [0, 0.1) is 0 Å². The molecular weight excluding hydrogens is 665 g/mol. The molecule has 0 aliphatic carbocycles. The number of aliphatic imine (C=N–C) groups is 2. The van der Waals surface area contributed by atoms with Crippen molar-refractivity contribution in [1.82, 2.24) is 0 Å². The Kier molecular flexibility index (Phi) is 10.3. The van der Waals surface area contributed by atoms with Crippen molar-refractivity contribution in [2.45, 2.75) is 0 Å². The lowest BCUT2D eigenvalue weighted by molar-refractivity contribution is 1.43. The molecule has 2 nitrogen and oxygen atoms in total. The Labute approximate surface area is 324 Å². The van der Waals surface area contributed by atoms with E-state index in [1.165, 1.54) is 44.5 Å². The van der Waals surface area contributed by atoms with Crippen LogP contribution in [0.3, 0.4) is 0 Å². The summed E-state index contributed by atoms with van der Waals surface area (Å²) in [5.74, 6) is 0. The summed E-state index contributed by atoms with van der Waals surface area (Å²) in [5, 5.41) is 0. The summed E-state index contributed by atoms with van der Waals surface area (Å²) in [7, 11) is 1.83. The molecule has 0 aromatic heterocycles. The Morgan fingerprint density at radius 2 is 0.655 bits per heavy atom. The average Bonchev–Trinajstić information content (AvgIpc) is 3.28. The molecule has 0 aliphatic rings. The van der Waals surface area contributed by atoms with E-state index in [0.717, 1.165) is 44.8 Å². The molecule has 55 heavy (non-hydrogen) atoms. The molecule has 0 atom stereocenters. The van der Waals surface area contributed by atoms with Crippen LogP contribution in [0.15, 0.2) is 222 Å². The van der Waals surface area contributed by atoms with Crippen LogP contribution in [-0.2, 0) is 0 Å². The second-order valence-corrected chi connectivity index (χ2v) is 13.5. The van der Waals surface area contributed by atoms with Crippen LogP contribution in [0.2, 0.25) is 0 Å². The molecule has 0 unspecified atom stereocenters. The van der Waals surface area contributed by atoms with Gasteiger partial charge in [0.2, 0.25) is 0 Å². The minimum absolute atomic E-state index is 0.757. The number of benzene rings is 8. The third kappa shape index (κ3) is 7.95. The summed E-state index contributed by atoms with van der Waals surface area (Å²) in [6.45, 7) is 4.00. The summed E-state index contributed by atoms with van der Waals surface area (Å²) in [6.07, 6.45) is 2.04. The van der Waals surface area contributed by atoms with E-state index >= 15 is 0 Å². The normalized spacial score (nSPS) is 11.7. The van der Waals surface area contributed by atoms with E-state index in [4.69, 9.17) is 4.99 Å². The summed E-state index contributed by atoms with van der Waals surface area (Å²) < 4.78 is 0. The van der Waals surface area contributed by atoms with Gasteiger partial charge in [-0.2, -0.15) is 0 Å². The highest BCUT2D eigenvalue weighted by Gasteiger charge is 2.12.